The molecule has 1 rings (SSSR count). The smallest absolute Gasteiger partial charge is 0.496 e. The van der Waals surface area contributed by atoms with Gasteiger partial charge in [0.25, 0.3) is 0 Å². The van der Waals surface area contributed by atoms with Crippen LogP contribution in [-0.4, -0.2) is 33.1 Å². The van der Waals surface area contributed by atoms with E-state index in [1.807, 2.05) is 0 Å². The molecule has 0 saturated carbocycles. The molecule has 1 aromatic rings. The molecule has 0 saturated heterocycles. The molecule has 2 nitrogen and oxygen atoms in total. The summed E-state index contributed by atoms with van der Waals surface area (Å²) in [5.74, 6) is 0.484. The molecule has 0 radical (unpaired) electrons. The zero-order valence-electron chi connectivity index (χ0n) is 10.5. The molecule has 17 heavy (non-hydrogen) atoms. The number of rotatable bonds is 4. The van der Waals surface area contributed by atoms with Crippen molar-refractivity contribution >= 4 is 12.4 Å². The molecule has 0 aromatic heterocycles. The van der Waals surface area contributed by atoms with E-state index >= 15 is 0 Å². The Hall–Kier alpha value is 0.471. The van der Waals surface area contributed by atoms with E-state index in [1.54, 1.807) is 19.0 Å². The topological polar surface area (TPSA) is 12.5 Å². The molecule has 1 aromatic carbocycles. The zero-order valence-corrected chi connectivity index (χ0v) is 13.6. The molecular weight excluding hydrogens is 257 g/mol. The molecule has 90 valence electrons. The first-order chi connectivity index (χ1) is 7.34. The van der Waals surface area contributed by atoms with E-state index in [0.29, 0.717) is 17.9 Å². The molecule has 0 heterocycles. The maximum atomic E-state index is 12.5. The van der Waals surface area contributed by atoms with Crippen molar-refractivity contribution in [3.8, 4) is 5.75 Å². The van der Waals surface area contributed by atoms with Gasteiger partial charge in [-0.05, 0) is 20.2 Å². The van der Waals surface area contributed by atoms with Crippen molar-refractivity contribution in [3.05, 3.63) is 23.8 Å². The van der Waals surface area contributed by atoms with Gasteiger partial charge in [-0.1, -0.05) is 12.1 Å². The minimum Gasteiger partial charge on any atom is -0.496 e. The van der Waals surface area contributed by atoms with E-state index in [9.17, 15) is 12.9 Å². The molecule has 0 atom stereocenters. The number of nitrogens with zero attached hydrogens (tertiary/aromatic N) is 1. The second kappa shape index (κ2) is 7.16. The van der Waals surface area contributed by atoms with Crippen LogP contribution < -0.4 is 61.6 Å². The summed E-state index contributed by atoms with van der Waals surface area (Å²) in [6.07, 6.45) is 0. The van der Waals surface area contributed by atoms with E-state index in [4.69, 9.17) is 4.74 Å². The van der Waals surface area contributed by atoms with Crippen molar-refractivity contribution < 1.29 is 69.1 Å². The normalized spacial score (nSPS) is 11.2. The summed E-state index contributed by atoms with van der Waals surface area (Å²) in [6.45, 7) is -4.53. The number of methoxy groups -OCH3 is 1. The Kier molecular flexibility index (Phi) is 7.36. The maximum absolute atomic E-state index is 12.5. The molecule has 0 spiro atoms. The fourth-order valence-corrected chi connectivity index (χ4v) is 1.47. The fraction of sp³-hybridized carbons (Fsp3) is 0.400. The van der Waals surface area contributed by atoms with Crippen molar-refractivity contribution in [2.75, 3.05) is 21.2 Å². The van der Waals surface area contributed by atoms with Crippen LogP contribution in [0.2, 0.25) is 0 Å². The van der Waals surface area contributed by atoms with E-state index in [0.717, 1.165) is 12.1 Å². The van der Waals surface area contributed by atoms with Gasteiger partial charge in [0.05, 0.1) is 7.11 Å². The number of hydrogen-bond acceptors (Lipinski definition) is 2. The van der Waals surface area contributed by atoms with Crippen LogP contribution in [0.15, 0.2) is 18.2 Å². The van der Waals surface area contributed by atoms with Crippen LogP contribution >= 0.6 is 0 Å². The Labute approximate surface area is 142 Å². The first-order valence-corrected chi connectivity index (χ1v) is 4.86. The van der Waals surface area contributed by atoms with Gasteiger partial charge >= 0.3 is 58.4 Å². The molecule has 0 aliphatic heterocycles. The van der Waals surface area contributed by atoms with Crippen LogP contribution in [0.1, 0.15) is 5.56 Å². The third-order valence-corrected chi connectivity index (χ3v) is 2.17. The Bertz CT molecular complexity index is 371. The summed E-state index contributed by atoms with van der Waals surface area (Å²) < 4.78 is 42.7. The monoisotopic (exact) mass is 271 g/mol. The maximum Gasteiger partial charge on any atom is 1.00 e. The van der Waals surface area contributed by atoms with Crippen LogP contribution in [0, 0.1) is 0 Å². The van der Waals surface area contributed by atoms with E-state index < -0.39 is 12.4 Å². The summed E-state index contributed by atoms with van der Waals surface area (Å²) in [5.41, 5.74) is -0.0400. The van der Waals surface area contributed by atoms with Crippen molar-refractivity contribution in [2.45, 2.75) is 6.54 Å². The van der Waals surface area contributed by atoms with Gasteiger partial charge in [0, 0.05) is 12.1 Å². The standard InChI is InChI=1S/C10H14BF3NO.K/c1-15(2)7-8-6-9(11(12,13)14)4-5-10(8)16-3;/h4-6H,7H2,1-3H3;/q-1;+1. The molecule has 0 amide bonds. The quantitative estimate of drug-likeness (QED) is 0.639. The van der Waals surface area contributed by atoms with Crippen molar-refractivity contribution in [1.82, 2.24) is 4.90 Å². The number of benzene rings is 1. The van der Waals surface area contributed by atoms with Gasteiger partial charge in [-0.15, -0.1) is 5.46 Å². The molecule has 0 aliphatic rings. The van der Waals surface area contributed by atoms with Gasteiger partial charge in [0.15, 0.2) is 0 Å². The number of ether oxygens (including phenoxy) is 1. The molecule has 0 bridgehead atoms. The number of halogens is 3. The summed E-state index contributed by atoms with van der Waals surface area (Å²) in [7, 11) is 5.04. The van der Waals surface area contributed by atoms with Gasteiger partial charge in [0.1, 0.15) is 5.75 Å². The first kappa shape index (κ1) is 17.5. The van der Waals surface area contributed by atoms with Gasteiger partial charge in [-0.3, -0.25) is 0 Å². The second-order valence-corrected chi connectivity index (χ2v) is 3.88. The summed E-state index contributed by atoms with van der Waals surface area (Å²) in [6, 6.07) is 3.57. The van der Waals surface area contributed by atoms with E-state index in [2.05, 4.69) is 0 Å². The Morgan fingerprint density at radius 1 is 1.24 bits per heavy atom. The molecule has 7 heteroatoms. The Morgan fingerprint density at radius 2 is 1.82 bits per heavy atom. The van der Waals surface area contributed by atoms with Crippen LogP contribution in [0.3, 0.4) is 0 Å². The summed E-state index contributed by atoms with van der Waals surface area (Å²) in [5, 5.41) is 0. The fourth-order valence-electron chi connectivity index (χ4n) is 1.47. The van der Waals surface area contributed by atoms with Gasteiger partial charge < -0.3 is 22.6 Å². The average Bonchev–Trinajstić information content (AvgIpc) is 2.15. The van der Waals surface area contributed by atoms with Gasteiger partial charge in [0.2, 0.25) is 0 Å². The van der Waals surface area contributed by atoms with E-state index in [1.165, 1.54) is 13.2 Å². The van der Waals surface area contributed by atoms with Crippen molar-refractivity contribution in [1.29, 1.82) is 0 Å². The van der Waals surface area contributed by atoms with Crippen LogP contribution in [-0.2, 0) is 6.54 Å². The third-order valence-electron chi connectivity index (χ3n) is 2.17. The predicted molar refractivity (Wildman–Crippen MR) is 59.1 cm³/mol. The zero-order chi connectivity index (χ0) is 12.3. The average molecular weight is 271 g/mol. The van der Waals surface area contributed by atoms with Crippen molar-refractivity contribution in [2.24, 2.45) is 0 Å². The number of hydrogen-bond donors (Lipinski definition) is 0. The molecular formula is C10H14BF3KNO. The molecule has 0 unspecified atom stereocenters. The summed E-state index contributed by atoms with van der Waals surface area (Å²) >= 11 is 0. The minimum absolute atomic E-state index is 0. The van der Waals surface area contributed by atoms with Crippen molar-refractivity contribution in [3.63, 3.8) is 0 Å². The minimum atomic E-state index is -4.95. The SMILES string of the molecule is COc1ccc([B-](F)(F)F)cc1CN(C)C.[K+]. The largest absolute Gasteiger partial charge is 1.00 e. The van der Waals surface area contributed by atoms with E-state index in [-0.39, 0.29) is 51.4 Å². The van der Waals surface area contributed by atoms with Crippen LogP contribution in [0.25, 0.3) is 0 Å². The van der Waals surface area contributed by atoms with Crippen LogP contribution in [0.4, 0.5) is 12.9 Å². The first-order valence-electron chi connectivity index (χ1n) is 4.86. The molecule has 0 fully saturated rings. The van der Waals surface area contributed by atoms with Crippen LogP contribution in [0.5, 0.6) is 5.75 Å². The van der Waals surface area contributed by atoms with Gasteiger partial charge in [-0.25, -0.2) is 0 Å². The molecule has 0 N–H and O–H groups in total. The Morgan fingerprint density at radius 3 is 2.24 bits per heavy atom. The second-order valence-electron chi connectivity index (χ2n) is 3.88. The molecule has 0 aliphatic carbocycles. The third kappa shape index (κ3) is 5.32. The predicted octanol–water partition coefficient (Wildman–Crippen LogP) is -1.18. The Balaban J connectivity index is 0.00000256. The van der Waals surface area contributed by atoms with Gasteiger partial charge in [-0.2, -0.15) is 0 Å². The summed E-state index contributed by atoms with van der Waals surface area (Å²) in [4.78, 5) is 1.80.